The molecule has 0 aliphatic heterocycles. The first-order valence-corrected chi connectivity index (χ1v) is 8.35. The lowest BCUT2D eigenvalue weighted by Gasteiger charge is -2.09. The third kappa shape index (κ3) is 3.47. The first-order valence-electron chi connectivity index (χ1n) is 8.35. The van der Waals surface area contributed by atoms with Crippen molar-refractivity contribution in [3.8, 4) is 11.5 Å². The van der Waals surface area contributed by atoms with Crippen LogP contribution in [0.3, 0.4) is 0 Å². The van der Waals surface area contributed by atoms with E-state index in [9.17, 15) is 4.79 Å². The molecular weight excluding hydrogens is 346 g/mol. The van der Waals surface area contributed by atoms with Gasteiger partial charge in [0.05, 0.1) is 6.54 Å². The Morgan fingerprint density at radius 2 is 2.04 bits per heavy atom. The Morgan fingerprint density at radius 3 is 2.81 bits per heavy atom. The molecule has 2 amide bonds. The number of nitrogens with one attached hydrogen (secondary N) is 2. The van der Waals surface area contributed by atoms with Gasteiger partial charge in [0.2, 0.25) is 0 Å². The largest absolute Gasteiger partial charge is 0.334 e. The first kappa shape index (κ1) is 16.7. The van der Waals surface area contributed by atoms with Crippen molar-refractivity contribution in [3.05, 3.63) is 59.8 Å². The number of nitrogens with zero attached hydrogens (tertiary/aromatic N) is 5. The Hall–Kier alpha value is -3.75. The molecule has 0 unspecified atom stereocenters. The minimum atomic E-state index is -0.306. The van der Waals surface area contributed by atoms with Crippen molar-refractivity contribution in [3.63, 3.8) is 0 Å². The summed E-state index contributed by atoms with van der Waals surface area (Å²) < 4.78 is 6.96. The van der Waals surface area contributed by atoms with E-state index in [1.54, 1.807) is 23.6 Å². The van der Waals surface area contributed by atoms with Gasteiger partial charge in [-0.15, -0.1) is 10.2 Å². The second-order valence-electron chi connectivity index (χ2n) is 6.03. The minimum absolute atomic E-state index is 0.234. The Bertz CT molecular complexity index is 1120. The maximum absolute atomic E-state index is 12.1. The summed E-state index contributed by atoms with van der Waals surface area (Å²) in [5.41, 5.74) is 3.14. The highest BCUT2D eigenvalue weighted by molar-refractivity contribution is 5.89. The van der Waals surface area contributed by atoms with Crippen molar-refractivity contribution >= 4 is 17.4 Å². The zero-order valence-corrected chi connectivity index (χ0v) is 14.8. The van der Waals surface area contributed by atoms with Crippen LogP contribution in [0.15, 0.2) is 47.1 Å². The summed E-state index contributed by atoms with van der Waals surface area (Å²) >= 11 is 0. The summed E-state index contributed by atoms with van der Waals surface area (Å²) in [6.45, 7) is 3.93. The molecular formula is C18H17N7O2. The molecule has 9 nitrogen and oxygen atoms in total. The molecule has 0 aliphatic rings. The van der Waals surface area contributed by atoms with E-state index < -0.39 is 0 Å². The van der Waals surface area contributed by atoms with Crippen LogP contribution in [0.4, 0.5) is 10.5 Å². The second-order valence-corrected chi connectivity index (χ2v) is 6.03. The van der Waals surface area contributed by atoms with Gasteiger partial charge in [0.25, 0.3) is 5.89 Å². The number of urea groups is 1. The van der Waals surface area contributed by atoms with Crippen LogP contribution in [0.1, 0.15) is 17.2 Å². The van der Waals surface area contributed by atoms with Crippen LogP contribution in [-0.4, -0.2) is 30.8 Å². The molecule has 3 heterocycles. The molecule has 0 radical (unpaired) electrons. The molecule has 4 aromatic rings. The van der Waals surface area contributed by atoms with E-state index in [0.29, 0.717) is 23.2 Å². The number of aryl methyl sites for hydroxylation is 2. The van der Waals surface area contributed by atoms with Crippen molar-refractivity contribution in [1.29, 1.82) is 0 Å². The predicted octanol–water partition coefficient (Wildman–Crippen LogP) is 2.72. The summed E-state index contributed by atoms with van der Waals surface area (Å²) in [4.78, 5) is 16.3. The average Bonchev–Trinajstić information content (AvgIpc) is 3.27. The topological polar surface area (TPSA) is 110 Å². The average molecular weight is 363 g/mol. The number of hydrogen-bond acceptors (Lipinski definition) is 6. The van der Waals surface area contributed by atoms with Gasteiger partial charge < -0.3 is 15.2 Å². The highest BCUT2D eigenvalue weighted by Gasteiger charge is 2.12. The van der Waals surface area contributed by atoms with E-state index in [-0.39, 0.29) is 12.6 Å². The van der Waals surface area contributed by atoms with Crippen molar-refractivity contribution in [2.75, 3.05) is 5.32 Å². The summed E-state index contributed by atoms with van der Waals surface area (Å²) in [7, 11) is 0. The fourth-order valence-corrected chi connectivity index (χ4v) is 2.65. The van der Waals surface area contributed by atoms with Crippen LogP contribution in [0.2, 0.25) is 0 Å². The molecule has 0 saturated heterocycles. The second kappa shape index (κ2) is 6.87. The maximum Gasteiger partial charge on any atom is 0.319 e. The molecule has 0 spiro atoms. The molecule has 136 valence electrons. The van der Waals surface area contributed by atoms with Gasteiger partial charge in [-0.1, -0.05) is 23.4 Å². The molecule has 2 N–H and O–H groups in total. The number of rotatable bonds is 4. The van der Waals surface area contributed by atoms with Crippen molar-refractivity contribution < 1.29 is 9.32 Å². The number of amides is 2. The highest BCUT2D eigenvalue weighted by atomic mass is 16.5. The number of benzene rings is 1. The van der Waals surface area contributed by atoms with Gasteiger partial charge in [0, 0.05) is 17.4 Å². The highest BCUT2D eigenvalue weighted by Crippen LogP contribution is 2.19. The summed E-state index contributed by atoms with van der Waals surface area (Å²) in [6.07, 6.45) is 1.81. The first-order chi connectivity index (χ1) is 13.1. The number of aromatic nitrogens is 5. The SMILES string of the molecule is Cc1noc(-c2ccn3c(CNC(=O)Nc4ccccc4C)nnc3c2)n1. The molecule has 0 saturated carbocycles. The summed E-state index contributed by atoms with van der Waals surface area (Å²) in [6, 6.07) is 10.9. The molecule has 4 rings (SSSR count). The third-order valence-corrected chi connectivity index (χ3v) is 4.06. The molecule has 0 fully saturated rings. The van der Waals surface area contributed by atoms with Crippen LogP contribution >= 0.6 is 0 Å². The van der Waals surface area contributed by atoms with Crippen LogP contribution < -0.4 is 10.6 Å². The fourth-order valence-electron chi connectivity index (χ4n) is 2.65. The normalized spacial score (nSPS) is 10.9. The maximum atomic E-state index is 12.1. The van der Waals surface area contributed by atoms with E-state index in [0.717, 1.165) is 16.8 Å². The molecule has 0 bridgehead atoms. The number of pyridine rings is 1. The van der Waals surface area contributed by atoms with Gasteiger partial charge in [-0.3, -0.25) is 4.40 Å². The van der Waals surface area contributed by atoms with Crippen LogP contribution in [0, 0.1) is 13.8 Å². The minimum Gasteiger partial charge on any atom is -0.334 e. The Morgan fingerprint density at radius 1 is 1.19 bits per heavy atom. The third-order valence-electron chi connectivity index (χ3n) is 4.06. The van der Waals surface area contributed by atoms with Gasteiger partial charge in [-0.05, 0) is 37.6 Å². The van der Waals surface area contributed by atoms with E-state index in [4.69, 9.17) is 4.52 Å². The molecule has 0 aliphatic carbocycles. The fraction of sp³-hybridized carbons (Fsp3) is 0.167. The van der Waals surface area contributed by atoms with E-state index in [1.807, 2.05) is 37.3 Å². The monoisotopic (exact) mass is 363 g/mol. The summed E-state index contributed by atoms with van der Waals surface area (Å²) in [5, 5.41) is 17.7. The van der Waals surface area contributed by atoms with Crippen LogP contribution in [-0.2, 0) is 6.54 Å². The Kier molecular flexibility index (Phi) is 4.25. The molecule has 9 heteroatoms. The molecule has 27 heavy (non-hydrogen) atoms. The number of hydrogen-bond donors (Lipinski definition) is 2. The number of fused-ring (bicyclic) bond motifs is 1. The smallest absolute Gasteiger partial charge is 0.319 e. The number of para-hydroxylation sites is 1. The number of carbonyl (C=O) groups excluding carboxylic acids is 1. The Balaban J connectivity index is 1.46. The van der Waals surface area contributed by atoms with Crippen molar-refractivity contribution in [2.45, 2.75) is 20.4 Å². The summed E-state index contributed by atoms with van der Waals surface area (Å²) in [5.74, 6) is 1.60. The number of anilines is 1. The molecule has 1 aromatic carbocycles. The standard InChI is InChI=1S/C18H17N7O2/c1-11-5-3-4-6-14(11)21-18(26)19-10-16-23-22-15-9-13(7-8-25(15)16)17-20-12(2)24-27-17/h3-9H,10H2,1-2H3,(H2,19,21,26). The van der Waals surface area contributed by atoms with E-state index >= 15 is 0 Å². The number of carbonyl (C=O) groups is 1. The predicted molar refractivity (Wildman–Crippen MR) is 98.1 cm³/mol. The quantitative estimate of drug-likeness (QED) is 0.577. The van der Waals surface area contributed by atoms with Crippen LogP contribution in [0.5, 0.6) is 0 Å². The van der Waals surface area contributed by atoms with Crippen molar-refractivity contribution in [1.82, 2.24) is 30.1 Å². The van der Waals surface area contributed by atoms with Gasteiger partial charge in [-0.2, -0.15) is 4.98 Å². The zero-order chi connectivity index (χ0) is 18.8. The van der Waals surface area contributed by atoms with E-state index in [2.05, 4.69) is 31.0 Å². The zero-order valence-electron chi connectivity index (χ0n) is 14.8. The van der Waals surface area contributed by atoms with Crippen molar-refractivity contribution in [2.24, 2.45) is 0 Å². The molecule has 3 aromatic heterocycles. The lowest BCUT2D eigenvalue weighted by Crippen LogP contribution is -2.29. The van der Waals surface area contributed by atoms with Gasteiger partial charge in [0.1, 0.15) is 0 Å². The Labute approximate surface area is 154 Å². The van der Waals surface area contributed by atoms with Gasteiger partial charge >= 0.3 is 6.03 Å². The lowest BCUT2D eigenvalue weighted by atomic mass is 10.2. The van der Waals surface area contributed by atoms with Crippen LogP contribution in [0.25, 0.3) is 17.1 Å². The van der Waals surface area contributed by atoms with Gasteiger partial charge in [0.15, 0.2) is 17.3 Å². The van der Waals surface area contributed by atoms with Gasteiger partial charge in [-0.25, -0.2) is 4.79 Å². The molecule has 0 atom stereocenters. The van der Waals surface area contributed by atoms with E-state index in [1.165, 1.54) is 0 Å². The lowest BCUT2D eigenvalue weighted by molar-refractivity contribution is 0.251.